The SMILES string of the molecule is CC1(C)c2ccccc2-c2ccc(N(c3ccccc3)c3cc(-c4ccc5c(c4)c4cc(O)ccc4n5-c4cccc5ccccc45)cc(N(c4ccccc4)c4ccc5c(c4)C(C)(C)c4ccccc4-5)c3)cc21. The van der Waals surface area contributed by atoms with E-state index < -0.39 is 0 Å². The van der Waals surface area contributed by atoms with E-state index in [9.17, 15) is 5.11 Å². The summed E-state index contributed by atoms with van der Waals surface area (Å²) >= 11 is 0. The number of benzene rings is 11. The van der Waals surface area contributed by atoms with Gasteiger partial charge in [0.1, 0.15) is 5.75 Å². The minimum atomic E-state index is -0.183. The van der Waals surface area contributed by atoms with Crippen molar-refractivity contribution in [3.8, 4) is 44.8 Å². The Morgan fingerprint density at radius 1 is 0.324 bits per heavy atom. The molecule has 4 heteroatoms. The quantitative estimate of drug-likeness (QED) is 0.165. The van der Waals surface area contributed by atoms with Crippen molar-refractivity contribution >= 4 is 66.7 Å². The van der Waals surface area contributed by atoms with Crippen LogP contribution in [0.15, 0.2) is 243 Å². The maximum Gasteiger partial charge on any atom is 0.116 e. The Hall–Kier alpha value is -9.12. The van der Waals surface area contributed by atoms with Crippen LogP contribution in [-0.2, 0) is 10.8 Å². The van der Waals surface area contributed by atoms with Gasteiger partial charge in [-0.1, -0.05) is 167 Å². The zero-order valence-electron chi connectivity index (χ0n) is 41.9. The standard InChI is InChI=1S/C70H53N3O/c1-69(2)62-27-15-13-25-56(62)58-34-31-50(42-64(58)69)71(48-20-7-5-8-21-48)52-38-47(46-30-36-67-60(40-46)61-44-54(74)33-37-68(61)73(67)66-29-17-19-45-18-11-12-24-55(45)66)39-53(41-52)72(49-22-9-6-10-23-49)51-32-35-59-57-26-14-16-28-63(57)70(3,4)65(59)43-51/h5-44,74H,1-4H3. The largest absolute Gasteiger partial charge is 0.508 e. The molecule has 1 N–H and O–H groups in total. The predicted octanol–water partition coefficient (Wildman–Crippen LogP) is 18.9. The summed E-state index contributed by atoms with van der Waals surface area (Å²) < 4.78 is 2.35. The molecule has 1 heterocycles. The normalized spacial score (nSPS) is 13.7. The van der Waals surface area contributed by atoms with Crippen molar-refractivity contribution < 1.29 is 5.11 Å². The second-order valence-corrected chi connectivity index (χ2v) is 21.1. The minimum absolute atomic E-state index is 0.183. The van der Waals surface area contributed by atoms with Crippen molar-refractivity contribution in [1.29, 1.82) is 0 Å². The number of fused-ring (bicyclic) bond motifs is 10. The van der Waals surface area contributed by atoms with Crippen LogP contribution in [0.1, 0.15) is 49.9 Å². The van der Waals surface area contributed by atoms with Crippen LogP contribution in [-0.4, -0.2) is 9.67 Å². The van der Waals surface area contributed by atoms with Crippen LogP contribution < -0.4 is 9.80 Å². The molecule has 0 aliphatic heterocycles. The molecular weight excluding hydrogens is 899 g/mol. The van der Waals surface area contributed by atoms with Crippen LogP contribution in [0, 0.1) is 0 Å². The Morgan fingerprint density at radius 2 is 0.811 bits per heavy atom. The number of para-hydroxylation sites is 2. The molecule has 0 atom stereocenters. The number of hydrogen-bond donors (Lipinski definition) is 1. The van der Waals surface area contributed by atoms with Crippen LogP contribution in [0.5, 0.6) is 5.75 Å². The average molecular weight is 952 g/mol. The molecule has 1 aromatic heterocycles. The molecule has 4 nitrogen and oxygen atoms in total. The summed E-state index contributed by atoms with van der Waals surface area (Å²) in [6.45, 7) is 9.42. The number of anilines is 6. The van der Waals surface area contributed by atoms with Crippen LogP contribution in [0.4, 0.5) is 34.1 Å². The third-order valence-corrected chi connectivity index (χ3v) is 16.2. The van der Waals surface area contributed by atoms with E-state index in [0.717, 1.165) is 72.7 Å². The molecule has 0 saturated heterocycles. The molecule has 12 aromatic rings. The lowest BCUT2D eigenvalue weighted by molar-refractivity contribution is 0.476. The van der Waals surface area contributed by atoms with Crippen LogP contribution >= 0.6 is 0 Å². The van der Waals surface area contributed by atoms with Crippen LogP contribution in [0.2, 0.25) is 0 Å². The number of nitrogens with zero attached hydrogens (tertiary/aromatic N) is 3. The van der Waals surface area contributed by atoms with E-state index in [1.54, 1.807) is 6.07 Å². The van der Waals surface area contributed by atoms with E-state index in [-0.39, 0.29) is 16.6 Å². The van der Waals surface area contributed by atoms with Gasteiger partial charge in [-0.25, -0.2) is 0 Å². The van der Waals surface area contributed by atoms with Crippen molar-refractivity contribution in [2.24, 2.45) is 0 Å². The second kappa shape index (κ2) is 16.5. The van der Waals surface area contributed by atoms with Gasteiger partial charge in [0, 0.05) is 61.1 Å². The molecule has 0 fully saturated rings. The van der Waals surface area contributed by atoms with Crippen LogP contribution in [0.3, 0.4) is 0 Å². The van der Waals surface area contributed by atoms with Crippen molar-refractivity contribution in [1.82, 2.24) is 4.57 Å². The van der Waals surface area contributed by atoms with Crippen LogP contribution in [0.25, 0.3) is 71.6 Å². The zero-order chi connectivity index (χ0) is 49.9. The molecular formula is C70H53N3O. The maximum atomic E-state index is 11.1. The lowest BCUT2D eigenvalue weighted by Gasteiger charge is -2.32. The van der Waals surface area contributed by atoms with Gasteiger partial charge in [-0.05, 0) is 164 Å². The Balaban J connectivity index is 1.02. The van der Waals surface area contributed by atoms with Crippen molar-refractivity contribution in [2.75, 3.05) is 9.80 Å². The number of rotatable bonds is 8. The fourth-order valence-corrected chi connectivity index (χ4v) is 12.6. The number of aromatic nitrogens is 1. The summed E-state index contributed by atoms with van der Waals surface area (Å²) in [7, 11) is 0. The first-order valence-electron chi connectivity index (χ1n) is 25.7. The summed E-state index contributed by atoms with van der Waals surface area (Å²) in [6.07, 6.45) is 0. The lowest BCUT2D eigenvalue weighted by atomic mass is 9.82. The smallest absolute Gasteiger partial charge is 0.116 e. The monoisotopic (exact) mass is 951 g/mol. The van der Waals surface area contributed by atoms with Gasteiger partial charge < -0.3 is 19.5 Å². The molecule has 0 saturated carbocycles. The van der Waals surface area contributed by atoms with Gasteiger partial charge in [0.05, 0.1) is 16.7 Å². The Morgan fingerprint density at radius 3 is 1.41 bits per heavy atom. The second-order valence-electron chi connectivity index (χ2n) is 21.1. The summed E-state index contributed by atoms with van der Waals surface area (Å²) in [4.78, 5) is 4.86. The highest BCUT2D eigenvalue weighted by Crippen LogP contribution is 2.53. The molecule has 0 unspecified atom stereocenters. The van der Waals surface area contributed by atoms with Gasteiger partial charge in [0.2, 0.25) is 0 Å². The Kier molecular flexibility index (Phi) is 9.71. The molecule has 2 aliphatic carbocycles. The summed E-state index contributed by atoms with van der Waals surface area (Å²) in [5, 5.41) is 15.5. The molecule has 0 amide bonds. The first-order chi connectivity index (χ1) is 36.1. The molecule has 0 spiro atoms. The zero-order valence-corrected chi connectivity index (χ0v) is 41.9. The molecule has 14 rings (SSSR count). The van der Waals surface area contributed by atoms with Gasteiger partial charge in [-0.2, -0.15) is 0 Å². The van der Waals surface area contributed by atoms with E-state index in [1.165, 1.54) is 55.3 Å². The Bertz CT molecular complexity index is 4050. The number of hydrogen-bond acceptors (Lipinski definition) is 3. The van der Waals surface area contributed by atoms with Gasteiger partial charge in [-0.15, -0.1) is 0 Å². The van der Waals surface area contributed by atoms with E-state index in [1.807, 2.05) is 12.1 Å². The summed E-state index contributed by atoms with van der Waals surface area (Å²) in [5.41, 5.74) is 21.9. The third kappa shape index (κ3) is 6.68. The summed E-state index contributed by atoms with van der Waals surface area (Å²) in [6, 6.07) is 88.2. The predicted molar refractivity (Wildman–Crippen MR) is 310 cm³/mol. The third-order valence-electron chi connectivity index (χ3n) is 16.2. The van der Waals surface area contributed by atoms with Gasteiger partial charge >= 0.3 is 0 Å². The molecule has 2 aliphatic rings. The van der Waals surface area contributed by atoms with Gasteiger partial charge in [0.15, 0.2) is 0 Å². The topological polar surface area (TPSA) is 31.6 Å². The minimum Gasteiger partial charge on any atom is -0.508 e. The average Bonchev–Trinajstić information content (AvgIpc) is 3.99. The number of phenols is 1. The highest BCUT2D eigenvalue weighted by molar-refractivity contribution is 6.12. The lowest BCUT2D eigenvalue weighted by Crippen LogP contribution is -2.17. The number of aromatic hydroxyl groups is 1. The van der Waals surface area contributed by atoms with E-state index in [0.29, 0.717) is 0 Å². The number of phenolic OH excluding ortho intramolecular Hbond substituents is 1. The maximum absolute atomic E-state index is 11.1. The van der Waals surface area contributed by atoms with Crippen molar-refractivity contribution in [3.05, 3.63) is 265 Å². The van der Waals surface area contributed by atoms with E-state index >= 15 is 0 Å². The molecule has 11 aromatic carbocycles. The Labute approximate surface area is 432 Å². The highest BCUT2D eigenvalue weighted by atomic mass is 16.3. The van der Waals surface area contributed by atoms with Gasteiger partial charge in [-0.3, -0.25) is 0 Å². The van der Waals surface area contributed by atoms with Crippen molar-refractivity contribution in [3.63, 3.8) is 0 Å². The highest BCUT2D eigenvalue weighted by Gasteiger charge is 2.37. The first kappa shape index (κ1) is 43.7. The molecule has 354 valence electrons. The molecule has 74 heavy (non-hydrogen) atoms. The summed E-state index contributed by atoms with van der Waals surface area (Å²) in [5.74, 6) is 0.238. The fourth-order valence-electron chi connectivity index (χ4n) is 12.6. The van der Waals surface area contributed by atoms with Crippen molar-refractivity contribution in [2.45, 2.75) is 38.5 Å². The molecule has 0 radical (unpaired) electrons. The van der Waals surface area contributed by atoms with Gasteiger partial charge in [0.25, 0.3) is 0 Å². The van der Waals surface area contributed by atoms with E-state index in [2.05, 4.69) is 267 Å². The molecule has 0 bridgehead atoms. The first-order valence-corrected chi connectivity index (χ1v) is 25.7. The fraction of sp³-hybridized carbons (Fsp3) is 0.0857. The van der Waals surface area contributed by atoms with E-state index in [4.69, 9.17) is 0 Å².